The predicted molar refractivity (Wildman–Crippen MR) is 70.8 cm³/mol. The summed E-state index contributed by atoms with van der Waals surface area (Å²) in [6, 6.07) is 5.74. The van der Waals surface area contributed by atoms with Crippen molar-refractivity contribution in [2.45, 2.75) is 23.1 Å². The van der Waals surface area contributed by atoms with E-state index in [2.05, 4.69) is 10.2 Å². The Balaban J connectivity index is 2.18. The van der Waals surface area contributed by atoms with Crippen molar-refractivity contribution in [3.63, 3.8) is 0 Å². The number of rotatable bonds is 4. The van der Waals surface area contributed by atoms with Gasteiger partial charge >= 0.3 is 0 Å². The van der Waals surface area contributed by atoms with E-state index in [-0.39, 0.29) is 0 Å². The number of nitrogens with two attached hydrogens (primary N) is 1. The zero-order valence-corrected chi connectivity index (χ0v) is 11.3. The summed E-state index contributed by atoms with van der Waals surface area (Å²) in [6.45, 7) is 4.49. The van der Waals surface area contributed by atoms with Crippen LogP contribution in [0.4, 0.5) is 5.69 Å². The molecule has 1 heterocycles. The molecule has 2 aromatic rings. The number of anilines is 1. The summed E-state index contributed by atoms with van der Waals surface area (Å²) in [4.78, 5) is 1.05. The van der Waals surface area contributed by atoms with E-state index >= 15 is 0 Å². The van der Waals surface area contributed by atoms with Gasteiger partial charge in [0.05, 0.1) is 12.3 Å². The fraction of sp³-hybridized carbons (Fsp3) is 0.273. The highest BCUT2D eigenvalue weighted by molar-refractivity contribution is 8.01. The van der Waals surface area contributed by atoms with Crippen LogP contribution in [0.25, 0.3) is 0 Å². The molecule has 0 radical (unpaired) electrons. The van der Waals surface area contributed by atoms with Crippen LogP contribution in [-0.2, 0) is 0 Å². The fourth-order valence-corrected chi connectivity index (χ4v) is 3.10. The largest absolute Gasteiger partial charge is 0.492 e. The molecule has 0 spiro atoms. The molecule has 0 unspecified atom stereocenters. The monoisotopic (exact) mass is 267 g/mol. The van der Waals surface area contributed by atoms with E-state index < -0.39 is 0 Å². The molecule has 0 aliphatic heterocycles. The number of hydrogen-bond donors (Lipinski definition) is 1. The molecule has 6 heteroatoms. The molecule has 1 aromatic carbocycles. The Labute approximate surface area is 108 Å². The number of nitrogens with zero attached hydrogens (tertiary/aromatic N) is 2. The first-order valence-corrected chi connectivity index (χ1v) is 6.82. The van der Waals surface area contributed by atoms with Gasteiger partial charge in [-0.05, 0) is 32.0 Å². The zero-order valence-electron chi connectivity index (χ0n) is 9.64. The molecule has 0 saturated heterocycles. The molecule has 0 fully saturated rings. The minimum atomic E-state index is 0.607. The van der Waals surface area contributed by atoms with Crippen LogP contribution in [0.1, 0.15) is 11.9 Å². The van der Waals surface area contributed by atoms with Crippen LogP contribution in [0.3, 0.4) is 0 Å². The molecule has 4 nitrogen and oxygen atoms in total. The molecule has 0 aliphatic carbocycles. The molecule has 0 amide bonds. The zero-order chi connectivity index (χ0) is 12.3. The van der Waals surface area contributed by atoms with Gasteiger partial charge in [-0.25, -0.2) is 0 Å². The second-order valence-corrected chi connectivity index (χ2v) is 5.82. The highest BCUT2D eigenvalue weighted by atomic mass is 32.2. The Hall–Kier alpha value is -1.27. The maximum absolute atomic E-state index is 5.81. The van der Waals surface area contributed by atoms with E-state index in [0.29, 0.717) is 12.3 Å². The van der Waals surface area contributed by atoms with Crippen LogP contribution in [-0.4, -0.2) is 16.8 Å². The standard InChI is InChI=1S/C11H13N3OS2/c1-3-15-10-6-8(4-5-9(10)12)17-11-14-13-7(2)16-11/h4-6H,3,12H2,1-2H3. The minimum Gasteiger partial charge on any atom is -0.492 e. The van der Waals surface area contributed by atoms with E-state index in [1.807, 2.05) is 32.0 Å². The third kappa shape index (κ3) is 3.10. The summed E-state index contributed by atoms with van der Waals surface area (Å²) in [5, 5.41) is 9.02. The molecule has 17 heavy (non-hydrogen) atoms. The van der Waals surface area contributed by atoms with Gasteiger partial charge in [-0.15, -0.1) is 10.2 Å². The van der Waals surface area contributed by atoms with Crippen molar-refractivity contribution in [1.82, 2.24) is 10.2 Å². The summed E-state index contributed by atoms with van der Waals surface area (Å²) < 4.78 is 6.37. The first kappa shape index (κ1) is 12.2. The van der Waals surface area contributed by atoms with Crippen LogP contribution in [0, 0.1) is 6.92 Å². The van der Waals surface area contributed by atoms with Crippen molar-refractivity contribution in [2.24, 2.45) is 0 Å². The first-order valence-electron chi connectivity index (χ1n) is 5.19. The molecular weight excluding hydrogens is 254 g/mol. The van der Waals surface area contributed by atoms with E-state index in [9.17, 15) is 0 Å². The van der Waals surface area contributed by atoms with E-state index in [1.54, 1.807) is 23.1 Å². The number of aryl methyl sites for hydroxylation is 1. The molecule has 0 aliphatic rings. The normalized spacial score (nSPS) is 10.5. The SMILES string of the molecule is CCOc1cc(Sc2nnc(C)s2)ccc1N. The molecule has 0 bridgehead atoms. The van der Waals surface area contributed by atoms with Crippen molar-refractivity contribution < 1.29 is 4.74 Å². The number of ether oxygens (including phenoxy) is 1. The Morgan fingerprint density at radius 3 is 2.88 bits per heavy atom. The smallest absolute Gasteiger partial charge is 0.179 e. The minimum absolute atomic E-state index is 0.607. The quantitative estimate of drug-likeness (QED) is 0.863. The van der Waals surface area contributed by atoms with Crippen molar-refractivity contribution >= 4 is 28.8 Å². The summed E-state index contributed by atoms with van der Waals surface area (Å²) in [7, 11) is 0. The number of nitrogen functional groups attached to an aromatic ring is 1. The third-order valence-electron chi connectivity index (χ3n) is 2.00. The maximum atomic E-state index is 5.81. The maximum Gasteiger partial charge on any atom is 0.179 e. The fourth-order valence-electron chi connectivity index (χ4n) is 1.28. The topological polar surface area (TPSA) is 61.0 Å². The third-order valence-corrected chi connectivity index (χ3v) is 3.88. The summed E-state index contributed by atoms with van der Waals surface area (Å²) in [5.74, 6) is 0.721. The second kappa shape index (κ2) is 5.37. The van der Waals surface area contributed by atoms with Crippen molar-refractivity contribution in [3.05, 3.63) is 23.2 Å². The predicted octanol–water partition coefficient (Wildman–Crippen LogP) is 2.98. The number of benzene rings is 1. The van der Waals surface area contributed by atoms with Gasteiger partial charge < -0.3 is 10.5 Å². The molecular formula is C11H13N3OS2. The lowest BCUT2D eigenvalue weighted by atomic mass is 10.3. The van der Waals surface area contributed by atoms with Gasteiger partial charge in [0, 0.05) is 4.90 Å². The van der Waals surface area contributed by atoms with Crippen molar-refractivity contribution in [2.75, 3.05) is 12.3 Å². The van der Waals surface area contributed by atoms with Gasteiger partial charge in [-0.2, -0.15) is 0 Å². The van der Waals surface area contributed by atoms with Gasteiger partial charge in [0.15, 0.2) is 4.34 Å². The van der Waals surface area contributed by atoms with Crippen LogP contribution in [0.2, 0.25) is 0 Å². The van der Waals surface area contributed by atoms with Crippen LogP contribution < -0.4 is 10.5 Å². The lowest BCUT2D eigenvalue weighted by Crippen LogP contribution is -1.96. The lowest BCUT2D eigenvalue weighted by molar-refractivity contribution is 0.341. The van der Waals surface area contributed by atoms with Gasteiger partial charge in [0.25, 0.3) is 0 Å². The average Bonchev–Trinajstić information content (AvgIpc) is 2.69. The highest BCUT2D eigenvalue weighted by Crippen LogP contribution is 2.34. The van der Waals surface area contributed by atoms with Gasteiger partial charge in [0.2, 0.25) is 0 Å². The van der Waals surface area contributed by atoms with Gasteiger partial charge in [0.1, 0.15) is 10.8 Å². The average molecular weight is 267 g/mol. The number of aromatic nitrogens is 2. The van der Waals surface area contributed by atoms with Gasteiger partial charge in [-0.1, -0.05) is 23.1 Å². The van der Waals surface area contributed by atoms with Crippen LogP contribution in [0.5, 0.6) is 5.75 Å². The summed E-state index contributed by atoms with van der Waals surface area (Å²) >= 11 is 3.14. The van der Waals surface area contributed by atoms with Crippen LogP contribution >= 0.6 is 23.1 Å². The molecule has 2 N–H and O–H groups in total. The summed E-state index contributed by atoms with van der Waals surface area (Å²) in [5.41, 5.74) is 6.47. The lowest BCUT2D eigenvalue weighted by Gasteiger charge is -2.07. The van der Waals surface area contributed by atoms with Crippen molar-refractivity contribution in [1.29, 1.82) is 0 Å². The van der Waals surface area contributed by atoms with Gasteiger partial charge in [-0.3, -0.25) is 0 Å². The Morgan fingerprint density at radius 2 is 2.24 bits per heavy atom. The van der Waals surface area contributed by atoms with E-state index in [1.165, 1.54) is 0 Å². The molecule has 0 saturated carbocycles. The molecule has 90 valence electrons. The van der Waals surface area contributed by atoms with E-state index in [4.69, 9.17) is 10.5 Å². The second-order valence-electron chi connectivity index (χ2n) is 3.32. The number of hydrogen-bond acceptors (Lipinski definition) is 6. The first-order chi connectivity index (χ1) is 8.19. The van der Waals surface area contributed by atoms with E-state index in [0.717, 1.165) is 20.0 Å². The van der Waals surface area contributed by atoms with Crippen molar-refractivity contribution in [3.8, 4) is 5.75 Å². The Morgan fingerprint density at radius 1 is 1.41 bits per heavy atom. The Kier molecular flexibility index (Phi) is 3.86. The molecule has 2 rings (SSSR count). The molecule has 1 aromatic heterocycles. The Bertz CT molecular complexity index is 513. The van der Waals surface area contributed by atoms with Crippen LogP contribution in [0.15, 0.2) is 27.4 Å². The summed E-state index contributed by atoms with van der Waals surface area (Å²) in [6.07, 6.45) is 0. The highest BCUT2D eigenvalue weighted by Gasteiger charge is 2.06. The molecule has 0 atom stereocenters.